The Morgan fingerprint density at radius 2 is 2.00 bits per heavy atom. The Kier molecular flexibility index (Phi) is 3.72. The first-order valence-electron chi connectivity index (χ1n) is 4.30. The summed E-state index contributed by atoms with van der Waals surface area (Å²) in [5.41, 5.74) is 1.40. The minimum atomic E-state index is -0.826. The van der Waals surface area contributed by atoms with Crippen LogP contribution in [0.1, 0.15) is 5.56 Å². The molecule has 0 spiro atoms. The molecule has 0 fully saturated rings. The molecule has 1 rings (SSSR count). The van der Waals surface area contributed by atoms with E-state index in [1.54, 1.807) is 0 Å². The number of hydrogen-bond donors (Lipinski definition) is 1. The predicted octanol–water partition coefficient (Wildman–Crippen LogP) is 2.14. The van der Waals surface area contributed by atoms with Crippen molar-refractivity contribution >= 4 is 0 Å². The monoisotopic (exact) mass is 184 g/mol. The van der Waals surface area contributed by atoms with Gasteiger partial charge in [-0.05, 0) is 17.7 Å². The lowest BCUT2D eigenvalue weighted by Gasteiger charge is -1.99. The Morgan fingerprint density at radius 1 is 1.36 bits per heavy atom. The molecule has 1 N–H and O–H groups in total. The average Bonchev–Trinajstić information content (AvgIpc) is 2.26. The second-order valence-electron chi connectivity index (χ2n) is 2.82. The SMILES string of the molecule is C=CC(=C)[C@@H](O)C#Cc1ccccc1. The van der Waals surface area contributed by atoms with E-state index >= 15 is 0 Å². The highest BCUT2D eigenvalue weighted by atomic mass is 16.3. The van der Waals surface area contributed by atoms with E-state index in [9.17, 15) is 5.11 Å². The number of aliphatic hydroxyl groups excluding tert-OH is 1. The summed E-state index contributed by atoms with van der Waals surface area (Å²) in [7, 11) is 0. The van der Waals surface area contributed by atoms with E-state index in [1.165, 1.54) is 6.08 Å². The molecular weight excluding hydrogens is 172 g/mol. The number of benzene rings is 1. The maximum absolute atomic E-state index is 9.43. The molecule has 0 amide bonds. The highest BCUT2D eigenvalue weighted by molar-refractivity contribution is 5.37. The molecule has 1 heteroatoms. The first-order valence-corrected chi connectivity index (χ1v) is 4.30. The highest BCUT2D eigenvalue weighted by Crippen LogP contribution is 2.00. The standard InChI is InChI=1S/C13H12O/c1-3-11(2)13(14)10-9-12-7-5-4-6-8-12/h3-8,13-14H,1-2H2/t13-/m0/s1. The maximum atomic E-state index is 9.43. The topological polar surface area (TPSA) is 20.2 Å². The maximum Gasteiger partial charge on any atom is 0.140 e. The second kappa shape index (κ2) is 5.06. The van der Waals surface area contributed by atoms with Crippen molar-refractivity contribution in [3.05, 3.63) is 60.7 Å². The van der Waals surface area contributed by atoms with Gasteiger partial charge in [-0.25, -0.2) is 0 Å². The molecule has 14 heavy (non-hydrogen) atoms. The smallest absolute Gasteiger partial charge is 0.140 e. The van der Waals surface area contributed by atoms with Crippen LogP contribution in [0.3, 0.4) is 0 Å². The van der Waals surface area contributed by atoms with Crippen molar-refractivity contribution in [2.24, 2.45) is 0 Å². The van der Waals surface area contributed by atoms with Crippen LogP contribution in [-0.2, 0) is 0 Å². The van der Waals surface area contributed by atoms with Crippen molar-refractivity contribution in [1.82, 2.24) is 0 Å². The summed E-state index contributed by atoms with van der Waals surface area (Å²) < 4.78 is 0. The second-order valence-corrected chi connectivity index (χ2v) is 2.82. The van der Waals surface area contributed by atoms with Crippen LogP contribution in [-0.4, -0.2) is 11.2 Å². The molecule has 0 bridgehead atoms. The van der Waals surface area contributed by atoms with E-state index in [0.717, 1.165) is 5.56 Å². The molecular formula is C13H12O. The molecule has 0 aliphatic carbocycles. The molecule has 0 saturated heterocycles. The first kappa shape index (κ1) is 10.3. The van der Waals surface area contributed by atoms with Crippen LogP contribution in [0, 0.1) is 11.8 Å². The van der Waals surface area contributed by atoms with Crippen LogP contribution in [0.5, 0.6) is 0 Å². The van der Waals surface area contributed by atoms with Gasteiger partial charge < -0.3 is 5.11 Å². The van der Waals surface area contributed by atoms with Gasteiger partial charge in [0.2, 0.25) is 0 Å². The number of aliphatic hydroxyl groups is 1. The van der Waals surface area contributed by atoms with Crippen molar-refractivity contribution in [3.8, 4) is 11.8 Å². The summed E-state index contributed by atoms with van der Waals surface area (Å²) in [4.78, 5) is 0. The molecule has 70 valence electrons. The van der Waals surface area contributed by atoms with Gasteiger partial charge in [-0.15, -0.1) is 0 Å². The molecule has 0 aliphatic rings. The zero-order chi connectivity index (χ0) is 10.4. The van der Waals surface area contributed by atoms with Crippen LogP contribution in [0.25, 0.3) is 0 Å². The Balaban J connectivity index is 2.74. The Bertz CT molecular complexity index is 379. The van der Waals surface area contributed by atoms with Gasteiger partial charge in [0, 0.05) is 5.56 Å². The van der Waals surface area contributed by atoms with Crippen LogP contribution in [0.2, 0.25) is 0 Å². The van der Waals surface area contributed by atoms with Crippen LogP contribution in [0.4, 0.5) is 0 Å². The van der Waals surface area contributed by atoms with Crippen molar-refractivity contribution < 1.29 is 5.11 Å². The van der Waals surface area contributed by atoms with Gasteiger partial charge in [-0.3, -0.25) is 0 Å². The van der Waals surface area contributed by atoms with Crippen molar-refractivity contribution in [1.29, 1.82) is 0 Å². The lowest BCUT2D eigenvalue weighted by molar-refractivity contribution is 0.273. The van der Waals surface area contributed by atoms with E-state index in [2.05, 4.69) is 25.0 Å². The largest absolute Gasteiger partial charge is 0.376 e. The summed E-state index contributed by atoms with van der Waals surface area (Å²) in [6.07, 6.45) is 0.678. The third-order valence-corrected chi connectivity index (χ3v) is 1.74. The summed E-state index contributed by atoms with van der Waals surface area (Å²) in [5, 5.41) is 9.43. The molecule has 1 aromatic carbocycles. The van der Waals surface area contributed by atoms with Crippen LogP contribution in [0.15, 0.2) is 55.1 Å². The third-order valence-electron chi connectivity index (χ3n) is 1.74. The Hall–Kier alpha value is -1.78. The molecule has 0 aromatic heterocycles. The molecule has 0 saturated carbocycles. The van der Waals surface area contributed by atoms with Crippen molar-refractivity contribution in [2.75, 3.05) is 0 Å². The van der Waals surface area contributed by atoms with Crippen molar-refractivity contribution in [3.63, 3.8) is 0 Å². The summed E-state index contributed by atoms with van der Waals surface area (Å²) in [5.74, 6) is 5.54. The molecule has 0 heterocycles. The van der Waals surface area contributed by atoms with Crippen molar-refractivity contribution in [2.45, 2.75) is 6.10 Å². The van der Waals surface area contributed by atoms with Gasteiger partial charge in [0.25, 0.3) is 0 Å². The van der Waals surface area contributed by atoms with Gasteiger partial charge in [0.05, 0.1) is 0 Å². The quantitative estimate of drug-likeness (QED) is 0.551. The average molecular weight is 184 g/mol. The zero-order valence-electron chi connectivity index (χ0n) is 7.90. The number of hydrogen-bond acceptors (Lipinski definition) is 1. The third kappa shape index (κ3) is 2.93. The van der Waals surface area contributed by atoms with E-state index in [1.807, 2.05) is 30.3 Å². The fourth-order valence-electron chi connectivity index (χ4n) is 0.878. The minimum Gasteiger partial charge on any atom is -0.376 e. The number of rotatable bonds is 2. The van der Waals surface area contributed by atoms with Crippen LogP contribution >= 0.6 is 0 Å². The molecule has 1 aromatic rings. The minimum absolute atomic E-state index is 0.522. The predicted molar refractivity (Wildman–Crippen MR) is 58.7 cm³/mol. The molecule has 0 aliphatic heterocycles. The summed E-state index contributed by atoms with van der Waals surface area (Å²) >= 11 is 0. The fourth-order valence-corrected chi connectivity index (χ4v) is 0.878. The van der Waals surface area contributed by atoms with Gasteiger partial charge in [0.15, 0.2) is 0 Å². The first-order chi connectivity index (χ1) is 6.74. The molecule has 0 unspecified atom stereocenters. The molecule has 1 atom stereocenters. The van der Waals surface area contributed by atoms with E-state index in [4.69, 9.17) is 0 Å². The lowest BCUT2D eigenvalue weighted by Crippen LogP contribution is -2.03. The summed E-state index contributed by atoms with van der Waals surface area (Å²) in [6.45, 7) is 7.12. The van der Waals surface area contributed by atoms with Gasteiger partial charge in [-0.1, -0.05) is 49.3 Å². The molecule has 1 nitrogen and oxygen atoms in total. The van der Waals surface area contributed by atoms with Gasteiger partial charge in [0.1, 0.15) is 6.10 Å². The fraction of sp³-hybridized carbons (Fsp3) is 0.0769. The lowest BCUT2D eigenvalue weighted by atomic mass is 10.1. The van der Waals surface area contributed by atoms with E-state index in [0.29, 0.717) is 5.57 Å². The zero-order valence-corrected chi connectivity index (χ0v) is 7.90. The Morgan fingerprint density at radius 3 is 2.57 bits per heavy atom. The van der Waals surface area contributed by atoms with E-state index < -0.39 is 6.10 Å². The van der Waals surface area contributed by atoms with Gasteiger partial charge >= 0.3 is 0 Å². The van der Waals surface area contributed by atoms with Gasteiger partial charge in [-0.2, -0.15) is 0 Å². The van der Waals surface area contributed by atoms with Crippen LogP contribution < -0.4 is 0 Å². The summed E-state index contributed by atoms with van der Waals surface area (Å²) in [6, 6.07) is 9.49. The Labute approximate surface area is 84.4 Å². The normalized spacial score (nSPS) is 10.9. The molecule has 0 radical (unpaired) electrons. The van der Waals surface area contributed by atoms with E-state index in [-0.39, 0.29) is 0 Å². The highest BCUT2D eigenvalue weighted by Gasteiger charge is 1.98.